The van der Waals surface area contributed by atoms with Crippen LogP contribution in [0.3, 0.4) is 0 Å². The normalized spacial score (nSPS) is 17.1. The second-order valence-corrected chi connectivity index (χ2v) is 8.75. The summed E-state index contributed by atoms with van der Waals surface area (Å²) in [5.74, 6) is 1.93. The number of amides is 3. The molecule has 9 heteroatoms. The number of carbonyl (C=O) groups is 2. The first-order valence-corrected chi connectivity index (χ1v) is 11.9. The standard InChI is InChI=1S/C24H33N5O4/c1-32-20-12-10-18(11-13-20)23-26-21(33-27-23)8-5-9-22(30)28-14-16-29(17-15-28)24(31)25-19-6-3-2-4-7-19/h10-13,19H,2-9,14-17H2,1H3,(H,25,31). The van der Waals surface area contributed by atoms with Crippen LogP contribution < -0.4 is 10.1 Å². The van der Waals surface area contributed by atoms with Crippen LogP contribution in [-0.4, -0.2) is 71.2 Å². The van der Waals surface area contributed by atoms with E-state index in [1.54, 1.807) is 7.11 Å². The molecule has 1 N–H and O–H groups in total. The SMILES string of the molecule is COc1ccc(-c2noc(CCCC(=O)N3CCN(C(=O)NC4CCCCC4)CC3)n2)cc1. The molecule has 1 aliphatic carbocycles. The van der Waals surface area contributed by atoms with Crippen LogP contribution in [0, 0.1) is 0 Å². The first-order valence-electron chi connectivity index (χ1n) is 11.9. The number of carbonyl (C=O) groups excluding carboxylic acids is 2. The van der Waals surface area contributed by atoms with Crippen molar-refractivity contribution in [2.24, 2.45) is 0 Å². The van der Waals surface area contributed by atoms with E-state index in [0.717, 1.165) is 24.2 Å². The zero-order valence-corrected chi connectivity index (χ0v) is 19.3. The molecule has 4 rings (SSSR count). The van der Waals surface area contributed by atoms with Crippen LogP contribution in [0.2, 0.25) is 0 Å². The minimum absolute atomic E-state index is 0.0121. The summed E-state index contributed by atoms with van der Waals surface area (Å²) >= 11 is 0. The van der Waals surface area contributed by atoms with Gasteiger partial charge in [0, 0.05) is 50.6 Å². The van der Waals surface area contributed by atoms with Crippen LogP contribution in [0.1, 0.15) is 50.8 Å². The van der Waals surface area contributed by atoms with E-state index >= 15 is 0 Å². The second kappa shape index (κ2) is 11.2. The number of rotatable bonds is 7. The van der Waals surface area contributed by atoms with Crippen molar-refractivity contribution in [2.45, 2.75) is 57.4 Å². The number of hydrogen-bond acceptors (Lipinski definition) is 6. The van der Waals surface area contributed by atoms with Crippen LogP contribution >= 0.6 is 0 Å². The Bertz CT molecular complexity index is 915. The van der Waals surface area contributed by atoms with Gasteiger partial charge in [0.1, 0.15) is 5.75 Å². The third-order valence-corrected chi connectivity index (χ3v) is 6.45. The predicted molar refractivity (Wildman–Crippen MR) is 123 cm³/mol. The minimum atomic E-state index is 0.0121. The molecule has 1 aromatic carbocycles. The molecule has 1 aromatic heterocycles. The summed E-state index contributed by atoms with van der Waals surface area (Å²) in [7, 11) is 1.62. The van der Waals surface area contributed by atoms with Gasteiger partial charge in [-0.2, -0.15) is 4.98 Å². The quantitative estimate of drug-likeness (QED) is 0.688. The van der Waals surface area contributed by atoms with Crippen LogP contribution in [-0.2, 0) is 11.2 Å². The van der Waals surface area contributed by atoms with Crippen LogP contribution in [0.25, 0.3) is 11.4 Å². The van der Waals surface area contributed by atoms with Crippen molar-refractivity contribution in [2.75, 3.05) is 33.3 Å². The van der Waals surface area contributed by atoms with Gasteiger partial charge in [0.25, 0.3) is 0 Å². The molecule has 0 unspecified atom stereocenters. The maximum atomic E-state index is 12.6. The van der Waals surface area contributed by atoms with E-state index in [-0.39, 0.29) is 11.9 Å². The summed E-state index contributed by atoms with van der Waals surface area (Å²) in [6.45, 7) is 2.33. The molecule has 1 saturated carbocycles. The van der Waals surface area contributed by atoms with Crippen molar-refractivity contribution in [1.29, 1.82) is 0 Å². The molecule has 0 spiro atoms. The van der Waals surface area contributed by atoms with Gasteiger partial charge in [0.15, 0.2) is 0 Å². The lowest BCUT2D eigenvalue weighted by molar-refractivity contribution is -0.132. The Hall–Kier alpha value is -3.10. The Morgan fingerprint density at radius 2 is 1.76 bits per heavy atom. The maximum absolute atomic E-state index is 12.6. The molecule has 1 aliphatic heterocycles. The number of aromatic nitrogens is 2. The van der Waals surface area contributed by atoms with E-state index in [1.165, 1.54) is 19.3 Å². The van der Waals surface area contributed by atoms with Crippen LogP contribution in [0.5, 0.6) is 5.75 Å². The van der Waals surface area contributed by atoms with Crippen molar-refractivity contribution in [3.8, 4) is 17.1 Å². The third kappa shape index (κ3) is 6.24. The Balaban J connectivity index is 1.16. The number of ether oxygens (including phenoxy) is 1. The van der Waals surface area contributed by atoms with E-state index in [9.17, 15) is 9.59 Å². The van der Waals surface area contributed by atoms with Gasteiger partial charge in [-0.15, -0.1) is 0 Å². The summed E-state index contributed by atoms with van der Waals surface area (Å²) in [6.07, 6.45) is 7.43. The lowest BCUT2D eigenvalue weighted by atomic mass is 9.96. The second-order valence-electron chi connectivity index (χ2n) is 8.75. The molecule has 0 bridgehead atoms. The molecule has 2 heterocycles. The first kappa shape index (κ1) is 23.1. The topological polar surface area (TPSA) is 101 Å². The van der Waals surface area contributed by atoms with Gasteiger partial charge in [-0.25, -0.2) is 4.79 Å². The number of piperazine rings is 1. The number of methoxy groups -OCH3 is 1. The number of nitrogens with zero attached hydrogens (tertiary/aromatic N) is 4. The van der Waals surface area contributed by atoms with E-state index in [1.807, 2.05) is 34.1 Å². The summed E-state index contributed by atoms with van der Waals surface area (Å²) < 4.78 is 10.5. The van der Waals surface area contributed by atoms with Gasteiger partial charge in [0.2, 0.25) is 17.6 Å². The minimum Gasteiger partial charge on any atom is -0.497 e. The molecule has 178 valence electrons. The highest BCUT2D eigenvalue weighted by Gasteiger charge is 2.25. The summed E-state index contributed by atoms with van der Waals surface area (Å²) in [5.41, 5.74) is 0.854. The van der Waals surface area contributed by atoms with E-state index in [4.69, 9.17) is 9.26 Å². The van der Waals surface area contributed by atoms with Crippen molar-refractivity contribution in [3.05, 3.63) is 30.2 Å². The fraction of sp³-hybridized carbons (Fsp3) is 0.583. The predicted octanol–water partition coefficient (Wildman–Crippen LogP) is 3.25. The lowest BCUT2D eigenvalue weighted by Gasteiger charge is -2.36. The number of hydrogen-bond donors (Lipinski definition) is 1. The molecule has 2 aliphatic rings. The molecule has 2 fully saturated rings. The zero-order valence-electron chi connectivity index (χ0n) is 19.3. The molecular formula is C24H33N5O4. The Morgan fingerprint density at radius 1 is 1.06 bits per heavy atom. The monoisotopic (exact) mass is 455 g/mol. The van der Waals surface area contributed by atoms with Gasteiger partial charge < -0.3 is 24.4 Å². The lowest BCUT2D eigenvalue weighted by Crippen LogP contribution is -2.54. The van der Waals surface area contributed by atoms with Gasteiger partial charge in [0.05, 0.1) is 7.11 Å². The van der Waals surface area contributed by atoms with Crippen molar-refractivity contribution in [1.82, 2.24) is 25.3 Å². The average Bonchev–Trinajstić information content (AvgIpc) is 3.33. The van der Waals surface area contributed by atoms with Gasteiger partial charge in [-0.1, -0.05) is 24.4 Å². The Labute approximate surface area is 194 Å². The van der Waals surface area contributed by atoms with E-state index in [2.05, 4.69) is 15.5 Å². The highest BCUT2D eigenvalue weighted by Crippen LogP contribution is 2.20. The third-order valence-electron chi connectivity index (χ3n) is 6.45. The Morgan fingerprint density at radius 3 is 2.45 bits per heavy atom. The molecular weight excluding hydrogens is 422 g/mol. The van der Waals surface area contributed by atoms with Crippen LogP contribution in [0.15, 0.2) is 28.8 Å². The fourth-order valence-corrected chi connectivity index (χ4v) is 4.43. The van der Waals surface area contributed by atoms with Crippen molar-refractivity contribution >= 4 is 11.9 Å². The zero-order chi connectivity index (χ0) is 23.0. The summed E-state index contributed by atoms with van der Waals surface area (Å²) in [5, 5.41) is 7.19. The fourth-order valence-electron chi connectivity index (χ4n) is 4.43. The maximum Gasteiger partial charge on any atom is 0.317 e. The molecule has 0 radical (unpaired) electrons. The molecule has 9 nitrogen and oxygen atoms in total. The molecule has 1 saturated heterocycles. The number of nitrogens with one attached hydrogen (secondary N) is 1. The number of benzene rings is 1. The molecule has 3 amide bonds. The highest BCUT2D eigenvalue weighted by molar-refractivity contribution is 5.77. The highest BCUT2D eigenvalue weighted by atomic mass is 16.5. The molecule has 33 heavy (non-hydrogen) atoms. The van der Waals surface area contributed by atoms with Gasteiger partial charge >= 0.3 is 6.03 Å². The number of aryl methyl sites for hydroxylation is 1. The Kier molecular flexibility index (Phi) is 7.80. The first-order chi connectivity index (χ1) is 16.1. The van der Waals surface area contributed by atoms with E-state index in [0.29, 0.717) is 63.2 Å². The summed E-state index contributed by atoms with van der Waals surface area (Å²) in [4.78, 5) is 33.2. The van der Waals surface area contributed by atoms with Crippen molar-refractivity contribution in [3.63, 3.8) is 0 Å². The smallest absolute Gasteiger partial charge is 0.317 e. The molecule has 0 atom stereocenters. The summed E-state index contributed by atoms with van der Waals surface area (Å²) in [6, 6.07) is 7.78. The van der Waals surface area contributed by atoms with Crippen molar-refractivity contribution < 1.29 is 18.8 Å². The van der Waals surface area contributed by atoms with E-state index < -0.39 is 0 Å². The largest absolute Gasteiger partial charge is 0.497 e. The van der Waals surface area contributed by atoms with Gasteiger partial charge in [-0.05, 0) is 43.5 Å². The van der Waals surface area contributed by atoms with Crippen LogP contribution in [0.4, 0.5) is 4.79 Å². The average molecular weight is 456 g/mol. The molecule has 2 aromatic rings. The van der Waals surface area contributed by atoms with Gasteiger partial charge in [-0.3, -0.25) is 4.79 Å². The number of urea groups is 1.